The van der Waals surface area contributed by atoms with E-state index in [-0.39, 0.29) is 37.3 Å². The molecule has 0 saturated carbocycles. The van der Waals surface area contributed by atoms with Gasteiger partial charge >= 0.3 is 0 Å². The van der Waals surface area contributed by atoms with E-state index in [1.165, 1.54) is 51.1 Å². The number of ketones is 1. The number of fused-ring (bicyclic) bond motifs is 6. The van der Waals surface area contributed by atoms with Crippen molar-refractivity contribution in [3.8, 4) is 22.6 Å². The Morgan fingerprint density at radius 3 is 2.29 bits per heavy atom. The van der Waals surface area contributed by atoms with E-state index in [1.54, 1.807) is 6.08 Å². The van der Waals surface area contributed by atoms with Crippen LogP contribution >= 0.6 is 0 Å². The third-order valence-corrected chi connectivity index (χ3v) is 8.45. The van der Waals surface area contributed by atoms with Gasteiger partial charge in [-0.3, -0.25) is 9.78 Å². The zero-order valence-electron chi connectivity index (χ0n) is 28.4. The SMILES string of the molecule is CC(=O)/C=C(/C)[N-]C(C)C.Cc1cc(C)c2c(C)cc(-c3[c-]ccc4c3C(C)(C)c3c-4oc4ccc(C(C)C)cc34)nc2c1.[Ir]. The summed E-state index contributed by atoms with van der Waals surface area (Å²) in [4.78, 5) is 15.7. The van der Waals surface area contributed by atoms with Gasteiger partial charge in [0, 0.05) is 36.4 Å². The second kappa shape index (κ2) is 13.1. The molecular formula is C40H44IrN2O2-2. The van der Waals surface area contributed by atoms with Crippen LogP contribution in [0.2, 0.25) is 0 Å². The Bertz CT molecular complexity index is 1940. The number of carbonyl (C=O) groups excluding carboxylic acids is 1. The van der Waals surface area contributed by atoms with Gasteiger partial charge in [-0.05, 0) is 91.3 Å². The number of hydrogen-bond acceptors (Lipinski definition) is 3. The van der Waals surface area contributed by atoms with Crippen molar-refractivity contribution in [1.29, 1.82) is 0 Å². The molecule has 0 spiro atoms. The molecule has 1 radical (unpaired) electrons. The van der Waals surface area contributed by atoms with Crippen LogP contribution in [-0.4, -0.2) is 16.8 Å². The largest absolute Gasteiger partial charge is 0.686 e. The van der Waals surface area contributed by atoms with Crippen LogP contribution in [0.25, 0.3) is 49.8 Å². The summed E-state index contributed by atoms with van der Waals surface area (Å²) in [6, 6.07) is 21.3. The van der Waals surface area contributed by atoms with Crippen LogP contribution in [0.3, 0.4) is 0 Å². The van der Waals surface area contributed by atoms with E-state index in [1.807, 2.05) is 26.8 Å². The third kappa shape index (κ3) is 6.57. The van der Waals surface area contributed by atoms with Crippen molar-refractivity contribution >= 4 is 27.7 Å². The molecule has 0 saturated heterocycles. The fourth-order valence-electron chi connectivity index (χ4n) is 6.80. The van der Waals surface area contributed by atoms with Gasteiger partial charge in [0.05, 0.1) is 5.52 Å². The number of nitrogens with zero attached hydrogens (tertiary/aromatic N) is 2. The summed E-state index contributed by atoms with van der Waals surface area (Å²) < 4.78 is 6.49. The standard InChI is InChI=1S/C32H30NO.C8H15NO.Ir/c1-17(2)21-11-12-27-24(16-21)30-31(34-27)23-10-8-9-22(29(23)32(30,6)7)25-15-20(5)28-19(4)13-18(3)14-26(28)33-25;1-6(2)9-7(3)5-8(4)10;/h8,10-17H,1-7H3;5-6H,1-4H3,(H,9,10);/q-1;;/p-1. The Kier molecular flexibility index (Phi) is 9.97. The number of rotatable bonds is 5. The monoisotopic (exact) mass is 777 g/mol. The molecule has 237 valence electrons. The van der Waals surface area contributed by atoms with E-state index in [4.69, 9.17) is 9.40 Å². The Morgan fingerprint density at radius 2 is 1.64 bits per heavy atom. The number of hydrogen-bond donors (Lipinski definition) is 0. The molecule has 2 heterocycles. The maximum absolute atomic E-state index is 10.5. The molecule has 0 bridgehead atoms. The first-order valence-corrected chi connectivity index (χ1v) is 15.6. The van der Waals surface area contributed by atoms with E-state index in [9.17, 15) is 4.79 Å². The van der Waals surface area contributed by atoms with Crippen LogP contribution in [0.5, 0.6) is 0 Å². The van der Waals surface area contributed by atoms with Crippen LogP contribution in [0.15, 0.2) is 64.7 Å². The summed E-state index contributed by atoms with van der Waals surface area (Å²) in [7, 11) is 0. The smallest absolute Gasteiger partial charge is 0.151 e. The molecule has 2 aromatic heterocycles. The summed E-state index contributed by atoms with van der Waals surface area (Å²) >= 11 is 0. The average Bonchev–Trinajstić information content (AvgIpc) is 3.40. The van der Waals surface area contributed by atoms with E-state index >= 15 is 0 Å². The second-order valence-corrected chi connectivity index (χ2v) is 13.4. The van der Waals surface area contributed by atoms with E-state index in [0.717, 1.165) is 39.4 Å². The van der Waals surface area contributed by atoms with Crippen LogP contribution in [0, 0.1) is 26.8 Å². The minimum absolute atomic E-state index is 0. The Labute approximate surface area is 282 Å². The molecule has 6 rings (SSSR count). The Morgan fingerprint density at radius 1 is 0.956 bits per heavy atom. The first-order valence-electron chi connectivity index (χ1n) is 15.6. The summed E-state index contributed by atoms with van der Waals surface area (Å²) in [6.07, 6.45) is 1.54. The predicted molar refractivity (Wildman–Crippen MR) is 185 cm³/mol. The molecule has 0 atom stereocenters. The van der Waals surface area contributed by atoms with Crippen molar-refractivity contribution in [3.63, 3.8) is 0 Å². The molecule has 0 aliphatic heterocycles. The fraction of sp³-hybridized carbons (Fsp3) is 0.350. The van der Waals surface area contributed by atoms with Crippen molar-refractivity contribution in [2.24, 2.45) is 0 Å². The number of pyridine rings is 1. The molecule has 0 fully saturated rings. The molecule has 0 N–H and O–H groups in total. The predicted octanol–water partition coefficient (Wildman–Crippen LogP) is 11.1. The first kappa shape index (κ1) is 34.3. The van der Waals surface area contributed by atoms with Crippen LogP contribution in [0.4, 0.5) is 0 Å². The van der Waals surface area contributed by atoms with Gasteiger partial charge in [-0.2, -0.15) is 5.70 Å². The molecule has 0 unspecified atom stereocenters. The number of aryl methyl sites for hydroxylation is 3. The van der Waals surface area contributed by atoms with Gasteiger partial charge in [-0.25, -0.2) is 0 Å². The van der Waals surface area contributed by atoms with E-state index in [0.29, 0.717) is 5.92 Å². The van der Waals surface area contributed by atoms with Gasteiger partial charge in [0.25, 0.3) is 0 Å². The summed E-state index contributed by atoms with van der Waals surface area (Å²) in [5.74, 6) is 1.53. The summed E-state index contributed by atoms with van der Waals surface area (Å²) in [5.41, 5.74) is 13.5. The van der Waals surface area contributed by atoms with Gasteiger partial charge in [0.2, 0.25) is 0 Å². The van der Waals surface area contributed by atoms with Gasteiger partial charge in [0.1, 0.15) is 11.3 Å². The molecule has 5 heteroatoms. The molecule has 4 nitrogen and oxygen atoms in total. The van der Waals surface area contributed by atoms with Crippen LogP contribution in [-0.2, 0) is 30.3 Å². The van der Waals surface area contributed by atoms with Crippen molar-refractivity contribution in [3.05, 3.63) is 105 Å². The molecular weight excluding hydrogens is 733 g/mol. The molecule has 5 aromatic rings. The molecule has 45 heavy (non-hydrogen) atoms. The fourth-order valence-corrected chi connectivity index (χ4v) is 6.80. The maximum Gasteiger partial charge on any atom is 0.151 e. The normalized spacial score (nSPS) is 13.4. The zero-order chi connectivity index (χ0) is 32.1. The molecule has 1 aliphatic rings. The second-order valence-electron chi connectivity index (χ2n) is 13.4. The Balaban J connectivity index is 0.000000365. The van der Waals surface area contributed by atoms with Crippen molar-refractivity contribution in [2.45, 2.75) is 93.5 Å². The molecule has 1 aliphatic carbocycles. The van der Waals surface area contributed by atoms with E-state index < -0.39 is 0 Å². The average molecular weight is 777 g/mol. The number of benzene rings is 3. The van der Waals surface area contributed by atoms with Crippen LogP contribution < -0.4 is 0 Å². The van der Waals surface area contributed by atoms with Gasteiger partial charge < -0.3 is 9.73 Å². The minimum Gasteiger partial charge on any atom is -0.686 e. The topological polar surface area (TPSA) is 57.2 Å². The number of furan rings is 1. The zero-order valence-corrected chi connectivity index (χ0v) is 30.8. The van der Waals surface area contributed by atoms with Gasteiger partial charge in [-0.15, -0.1) is 35.4 Å². The minimum atomic E-state index is -0.217. The maximum atomic E-state index is 10.5. The number of carbonyl (C=O) groups is 1. The van der Waals surface area contributed by atoms with Crippen molar-refractivity contribution in [1.82, 2.24) is 4.98 Å². The van der Waals surface area contributed by atoms with Gasteiger partial charge in [0.15, 0.2) is 5.78 Å². The van der Waals surface area contributed by atoms with Gasteiger partial charge in [-0.1, -0.05) is 72.2 Å². The Hall–Kier alpha value is -3.53. The quantitative estimate of drug-likeness (QED) is 0.132. The number of allylic oxidation sites excluding steroid dienone is 2. The third-order valence-electron chi connectivity index (χ3n) is 8.45. The number of aromatic nitrogens is 1. The van der Waals surface area contributed by atoms with E-state index in [2.05, 4.69) is 102 Å². The summed E-state index contributed by atoms with van der Waals surface area (Å²) in [6.45, 7) is 22.9. The molecule has 3 aromatic carbocycles. The first-order chi connectivity index (χ1) is 20.7. The van der Waals surface area contributed by atoms with Crippen molar-refractivity contribution < 1.29 is 29.3 Å². The van der Waals surface area contributed by atoms with Crippen molar-refractivity contribution in [2.75, 3.05) is 0 Å². The summed E-state index contributed by atoms with van der Waals surface area (Å²) in [5, 5.41) is 6.63. The van der Waals surface area contributed by atoms with Crippen LogP contribution in [0.1, 0.15) is 94.7 Å². The molecule has 0 amide bonds.